The predicted molar refractivity (Wildman–Crippen MR) is 79.6 cm³/mol. The summed E-state index contributed by atoms with van der Waals surface area (Å²) in [5.41, 5.74) is 2.02. The maximum absolute atomic E-state index is 13.9. The second kappa shape index (κ2) is 5.82. The molecule has 0 spiro atoms. The summed E-state index contributed by atoms with van der Waals surface area (Å²) in [5.74, 6) is 0.324. The molecule has 5 heteroatoms. The lowest BCUT2D eigenvalue weighted by Crippen LogP contribution is -2.07. The maximum atomic E-state index is 13.9. The Bertz CT molecular complexity index is 783. The Morgan fingerprint density at radius 3 is 2.71 bits per heavy atom. The van der Waals surface area contributed by atoms with Crippen molar-refractivity contribution in [3.8, 4) is 0 Å². The zero-order chi connectivity index (χ0) is 14.8. The smallest absolute Gasteiger partial charge is 0.128 e. The highest BCUT2D eigenvalue weighted by Gasteiger charge is 2.12. The Hall–Kier alpha value is -1.94. The molecule has 0 saturated heterocycles. The van der Waals surface area contributed by atoms with Crippen LogP contribution in [-0.4, -0.2) is 15.4 Å². The van der Waals surface area contributed by atoms with E-state index in [0.717, 1.165) is 29.0 Å². The van der Waals surface area contributed by atoms with E-state index in [1.54, 1.807) is 0 Å². The second-order valence-electron chi connectivity index (χ2n) is 4.78. The van der Waals surface area contributed by atoms with Gasteiger partial charge in [0.25, 0.3) is 0 Å². The number of nitrogens with zero attached hydrogens (tertiary/aromatic N) is 2. The number of fused-ring (bicyclic) bond motifs is 1. The van der Waals surface area contributed by atoms with Crippen LogP contribution >= 0.6 is 11.6 Å². The molecular formula is C16H13ClF2N2. The first-order valence-corrected chi connectivity index (χ1v) is 7.16. The minimum Gasteiger partial charge on any atom is -0.323 e. The SMILES string of the molecule is Fc1ccc(F)c(Cn2c(CCCl)nc3ccccc32)c1. The number of aromatic nitrogens is 2. The number of alkyl halides is 1. The molecule has 3 aromatic rings. The summed E-state index contributed by atoms with van der Waals surface area (Å²) in [6.45, 7) is 0.232. The van der Waals surface area contributed by atoms with Crippen LogP contribution in [0.3, 0.4) is 0 Å². The minimum absolute atomic E-state index is 0.232. The van der Waals surface area contributed by atoms with E-state index in [1.165, 1.54) is 6.07 Å². The van der Waals surface area contributed by atoms with Gasteiger partial charge in [0.15, 0.2) is 0 Å². The molecule has 2 nitrogen and oxygen atoms in total. The zero-order valence-corrected chi connectivity index (χ0v) is 11.9. The van der Waals surface area contributed by atoms with Crippen molar-refractivity contribution in [2.24, 2.45) is 0 Å². The van der Waals surface area contributed by atoms with Gasteiger partial charge in [0.1, 0.15) is 17.5 Å². The lowest BCUT2D eigenvalue weighted by Gasteiger charge is -2.09. The van der Waals surface area contributed by atoms with Crippen LogP contribution in [0.1, 0.15) is 11.4 Å². The van der Waals surface area contributed by atoms with Crippen molar-refractivity contribution in [2.75, 3.05) is 5.88 Å². The Labute approximate surface area is 126 Å². The first kappa shape index (κ1) is 14.0. The third-order valence-corrected chi connectivity index (χ3v) is 3.58. The van der Waals surface area contributed by atoms with Crippen LogP contribution in [0.4, 0.5) is 8.78 Å². The van der Waals surface area contributed by atoms with E-state index in [4.69, 9.17) is 11.6 Å². The second-order valence-corrected chi connectivity index (χ2v) is 5.16. The van der Waals surface area contributed by atoms with Crippen molar-refractivity contribution in [1.29, 1.82) is 0 Å². The van der Waals surface area contributed by atoms with E-state index < -0.39 is 11.6 Å². The molecule has 0 aliphatic carbocycles. The average molecular weight is 307 g/mol. The van der Waals surface area contributed by atoms with Crippen LogP contribution in [0.2, 0.25) is 0 Å². The van der Waals surface area contributed by atoms with Crippen molar-refractivity contribution in [2.45, 2.75) is 13.0 Å². The van der Waals surface area contributed by atoms with Crippen molar-refractivity contribution >= 4 is 22.6 Å². The molecule has 2 aromatic carbocycles. The molecule has 0 fully saturated rings. The van der Waals surface area contributed by atoms with Crippen molar-refractivity contribution in [3.63, 3.8) is 0 Å². The standard InChI is InChI=1S/C16H13ClF2N2/c17-8-7-16-20-14-3-1-2-4-15(14)21(16)10-11-9-12(18)5-6-13(11)19/h1-6,9H,7-8,10H2. The number of halogens is 3. The number of aryl methyl sites for hydroxylation is 1. The molecule has 108 valence electrons. The van der Waals surface area contributed by atoms with Gasteiger partial charge >= 0.3 is 0 Å². The minimum atomic E-state index is -0.449. The molecule has 0 bridgehead atoms. The van der Waals surface area contributed by atoms with Gasteiger partial charge in [-0.25, -0.2) is 13.8 Å². The zero-order valence-electron chi connectivity index (χ0n) is 11.2. The summed E-state index contributed by atoms with van der Waals surface area (Å²) in [6.07, 6.45) is 0.577. The average Bonchev–Trinajstić information content (AvgIpc) is 2.81. The summed E-state index contributed by atoms with van der Waals surface area (Å²) in [7, 11) is 0. The van der Waals surface area contributed by atoms with Gasteiger partial charge in [0.05, 0.1) is 17.6 Å². The molecule has 0 N–H and O–H groups in total. The summed E-state index contributed by atoms with van der Waals surface area (Å²) >= 11 is 5.81. The lowest BCUT2D eigenvalue weighted by atomic mass is 10.2. The maximum Gasteiger partial charge on any atom is 0.128 e. The third-order valence-electron chi connectivity index (χ3n) is 3.39. The molecular weight excluding hydrogens is 294 g/mol. The first-order valence-electron chi connectivity index (χ1n) is 6.63. The monoisotopic (exact) mass is 306 g/mol. The number of hydrogen-bond donors (Lipinski definition) is 0. The fraction of sp³-hybridized carbons (Fsp3) is 0.188. The van der Waals surface area contributed by atoms with E-state index in [-0.39, 0.29) is 6.54 Å². The summed E-state index contributed by atoms with van der Waals surface area (Å²) < 4.78 is 29.1. The Balaban J connectivity index is 2.10. The van der Waals surface area contributed by atoms with Crippen molar-refractivity contribution in [3.05, 3.63) is 65.5 Å². The number of rotatable bonds is 4. The summed E-state index contributed by atoms with van der Waals surface area (Å²) in [6, 6.07) is 11.1. The topological polar surface area (TPSA) is 17.8 Å². The van der Waals surface area contributed by atoms with Crippen LogP contribution in [-0.2, 0) is 13.0 Å². The highest BCUT2D eigenvalue weighted by molar-refractivity contribution is 6.17. The van der Waals surface area contributed by atoms with Gasteiger partial charge in [-0.3, -0.25) is 0 Å². The molecule has 0 aliphatic rings. The molecule has 0 aliphatic heterocycles. The quantitative estimate of drug-likeness (QED) is 0.662. The van der Waals surface area contributed by atoms with Gasteiger partial charge in [-0.15, -0.1) is 11.6 Å². The Morgan fingerprint density at radius 2 is 1.90 bits per heavy atom. The number of benzene rings is 2. The van der Waals surface area contributed by atoms with E-state index >= 15 is 0 Å². The van der Waals surface area contributed by atoms with Crippen LogP contribution in [0.25, 0.3) is 11.0 Å². The van der Waals surface area contributed by atoms with Crippen molar-refractivity contribution < 1.29 is 8.78 Å². The summed E-state index contributed by atoms with van der Waals surface area (Å²) in [4.78, 5) is 4.51. The van der Waals surface area contributed by atoms with Gasteiger partial charge in [-0.1, -0.05) is 12.1 Å². The molecule has 0 amide bonds. The van der Waals surface area contributed by atoms with E-state index in [1.807, 2.05) is 28.8 Å². The van der Waals surface area contributed by atoms with E-state index in [9.17, 15) is 8.78 Å². The van der Waals surface area contributed by atoms with Crippen LogP contribution in [0.5, 0.6) is 0 Å². The van der Waals surface area contributed by atoms with Crippen LogP contribution in [0.15, 0.2) is 42.5 Å². The highest BCUT2D eigenvalue weighted by atomic mass is 35.5. The normalized spacial score (nSPS) is 11.2. The van der Waals surface area contributed by atoms with Crippen LogP contribution in [0, 0.1) is 11.6 Å². The molecule has 0 saturated carbocycles. The molecule has 1 aromatic heterocycles. The Morgan fingerprint density at radius 1 is 1.10 bits per heavy atom. The van der Waals surface area contributed by atoms with Gasteiger partial charge in [-0.05, 0) is 30.3 Å². The molecule has 21 heavy (non-hydrogen) atoms. The number of imidazole rings is 1. The van der Waals surface area contributed by atoms with Gasteiger partial charge in [-0.2, -0.15) is 0 Å². The van der Waals surface area contributed by atoms with Gasteiger partial charge in [0, 0.05) is 17.9 Å². The molecule has 0 radical (unpaired) electrons. The molecule has 0 unspecified atom stereocenters. The van der Waals surface area contributed by atoms with E-state index in [2.05, 4.69) is 4.98 Å². The molecule has 1 heterocycles. The fourth-order valence-corrected chi connectivity index (χ4v) is 2.58. The summed E-state index contributed by atoms with van der Waals surface area (Å²) in [5, 5.41) is 0. The predicted octanol–water partition coefficient (Wildman–Crippen LogP) is 4.14. The lowest BCUT2D eigenvalue weighted by molar-refractivity contribution is 0.576. The first-order chi connectivity index (χ1) is 10.2. The molecule has 0 atom stereocenters. The Kier molecular flexibility index (Phi) is 3.88. The van der Waals surface area contributed by atoms with Gasteiger partial charge < -0.3 is 4.57 Å². The van der Waals surface area contributed by atoms with Crippen molar-refractivity contribution in [1.82, 2.24) is 9.55 Å². The highest BCUT2D eigenvalue weighted by Crippen LogP contribution is 2.20. The van der Waals surface area contributed by atoms with Gasteiger partial charge in [0.2, 0.25) is 0 Å². The number of hydrogen-bond acceptors (Lipinski definition) is 1. The largest absolute Gasteiger partial charge is 0.323 e. The fourth-order valence-electron chi connectivity index (χ4n) is 2.41. The number of para-hydroxylation sites is 2. The third kappa shape index (κ3) is 2.76. The molecule has 3 rings (SSSR count). The van der Waals surface area contributed by atoms with Crippen LogP contribution < -0.4 is 0 Å². The van der Waals surface area contributed by atoms with E-state index in [0.29, 0.717) is 17.9 Å².